The lowest BCUT2D eigenvalue weighted by atomic mass is 9.97. The van der Waals surface area contributed by atoms with Crippen molar-refractivity contribution in [2.24, 2.45) is 5.73 Å². The molecule has 1 fully saturated rings. The first-order valence-corrected chi connectivity index (χ1v) is 9.36. The Morgan fingerprint density at radius 2 is 2.00 bits per heavy atom. The van der Waals surface area contributed by atoms with Gasteiger partial charge in [0, 0.05) is 18.5 Å². The van der Waals surface area contributed by atoms with Crippen LogP contribution in [0.3, 0.4) is 0 Å². The van der Waals surface area contributed by atoms with E-state index in [1.165, 1.54) is 11.3 Å². The van der Waals surface area contributed by atoms with Crippen molar-refractivity contribution in [3.05, 3.63) is 41.8 Å². The molecule has 1 saturated heterocycles. The van der Waals surface area contributed by atoms with E-state index in [-0.39, 0.29) is 31.4 Å². The minimum atomic E-state index is 0. The fourth-order valence-corrected chi connectivity index (χ4v) is 3.94. The molecule has 1 unspecified atom stereocenters. The molecule has 3 heterocycles. The number of nitrogens with two attached hydrogens (primary N) is 1. The summed E-state index contributed by atoms with van der Waals surface area (Å²) in [6.07, 6.45) is 2.31. The molecule has 1 aliphatic heterocycles. The van der Waals surface area contributed by atoms with Gasteiger partial charge in [0.25, 0.3) is 0 Å². The molecule has 0 spiro atoms. The molecule has 3 aromatic rings. The SMILES string of the molecule is CC(C)n1c(C2CCCN(Cc3noc(CN)n3)C2)nc2ccccc21.Cl.Cl. The number of fused-ring (bicyclic) bond motifs is 1. The molecular formula is C19H28Cl2N6O. The Balaban J connectivity index is 0.00000140. The number of benzene rings is 1. The van der Waals surface area contributed by atoms with Gasteiger partial charge < -0.3 is 14.8 Å². The molecule has 2 aromatic heterocycles. The summed E-state index contributed by atoms with van der Waals surface area (Å²) in [6.45, 7) is 7.45. The summed E-state index contributed by atoms with van der Waals surface area (Å²) in [5, 5.41) is 4.03. The van der Waals surface area contributed by atoms with Gasteiger partial charge >= 0.3 is 0 Å². The van der Waals surface area contributed by atoms with Crippen LogP contribution in [-0.2, 0) is 13.1 Å². The lowest BCUT2D eigenvalue weighted by Crippen LogP contribution is -2.35. The number of hydrogen-bond donors (Lipinski definition) is 1. The Hall–Kier alpha value is -1.67. The summed E-state index contributed by atoms with van der Waals surface area (Å²) in [5.41, 5.74) is 7.86. The van der Waals surface area contributed by atoms with Crippen molar-refractivity contribution in [3.63, 3.8) is 0 Å². The highest BCUT2D eigenvalue weighted by molar-refractivity contribution is 5.85. The van der Waals surface area contributed by atoms with E-state index >= 15 is 0 Å². The van der Waals surface area contributed by atoms with Crippen LogP contribution in [0.5, 0.6) is 0 Å². The highest BCUT2D eigenvalue weighted by atomic mass is 35.5. The number of rotatable bonds is 5. The second-order valence-corrected chi connectivity index (χ2v) is 7.31. The van der Waals surface area contributed by atoms with Crippen LogP contribution in [0.2, 0.25) is 0 Å². The lowest BCUT2D eigenvalue weighted by molar-refractivity contribution is 0.188. The zero-order chi connectivity index (χ0) is 18.1. The molecule has 0 amide bonds. The molecule has 7 nitrogen and oxygen atoms in total. The van der Waals surface area contributed by atoms with Crippen molar-refractivity contribution in [2.75, 3.05) is 13.1 Å². The maximum atomic E-state index is 5.56. The minimum Gasteiger partial charge on any atom is -0.338 e. The van der Waals surface area contributed by atoms with Gasteiger partial charge in [0.2, 0.25) is 5.89 Å². The van der Waals surface area contributed by atoms with Crippen molar-refractivity contribution in [1.29, 1.82) is 0 Å². The van der Waals surface area contributed by atoms with Crippen LogP contribution in [-0.4, -0.2) is 37.7 Å². The summed E-state index contributed by atoms with van der Waals surface area (Å²) >= 11 is 0. The maximum absolute atomic E-state index is 5.56. The summed E-state index contributed by atoms with van der Waals surface area (Å²) in [6, 6.07) is 8.80. The van der Waals surface area contributed by atoms with Crippen molar-refractivity contribution >= 4 is 35.8 Å². The van der Waals surface area contributed by atoms with Crippen molar-refractivity contribution in [2.45, 2.75) is 51.7 Å². The van der Waals surface area contributed by atoms with Gasteiger partial charge in [0.15, 0.2) is 5.82 Å². The fourth-order valence-electron chi connectivity index (χ4n) is 3.94. The van der Waals surface area contributed by atoms with Gasteiger partial charge in [0.1, 0.15) is 5.82 Å². The average molecular weight is 427 g/mol. The average Bonchev–Trinajstić information content (AvgIpc) is 3.26. The second kappa shape index (κ2) is 9.69. The molecular weight excluding hydrogens is 399 g/mol. The number of likely N-dealkylation sites (tertiary alicyclic amines) is 1. The van der Waals surface area contributed by atoms with E-state index in [2.05, 4.69) is 57.7 Å². The molecule has 1 aliphatic rings. The number of hydrogen-bond acceptors (Lipinski definition) is 6. The Kier molecular flexibility index (Phi) is 7.83. The number of aromatic nitrogens is 4. The molecule has 0 aliphatic carbocycles. The maximum Gasteiger partial charge on any atom is 0.240 e. The van der Waals surface area contributed by atoms with Crippen molar-refractivity contribution < 1.29 is 4.52 Å². The zero-order valence-corrected chi connectivity index (χ0v) is 17.9. The molecule has 0 radical (unpaired) electrons. The van der Waals surface area contributed by atoms with Gasteiger partial charge in [-0.25, -0.2) is 4.98 Å². The number of halogens is 2. The van der Waals surface area contributed by atoms with E-state index in [9.17, 15) is 0 Å². The van der Waals surface area contributed by atoms with Gasteiger partial charge in [-0.05, 0) is 45.4 Å². The Morgan fingerprint density at radius 1 is 1.21 bits per heavy atom. The second-order valence-electron chi connectivity index (χ2n) is 7.31. The first-order chi connectivity index (χ1) is 12.7. The highest BCUT2D eigenvalue weighted by Gasteiger charge is 2.27. The number of nitrogens with zero attached hydrogens (tertiary/aromatic N) is 5. The highest BCUT2D eigenvalue weighted by Crippen LogP contribution is 2.31. The molecule has 9 heteroatoms. The molecule has 154 valence electrons. The van der Waals surface area contributed by atoms with Crippen LogP contribution in [0.4, 0.5) is 0 Å². The standard InChI is InChI=1S/C19H26N6O.2ClH/c1-13(2)25-16-8-4-3-7-15(16)21-19(25)14-6-5-9-24(11-14)12-17-22-18(10-20)26-23-17;;/h3-4,7-8,13-14H,5-6,9-12,20H2,1-2H3;2*1H. The van der Waals surface area contributed by atoms with Crippen LogP contribution in [0.1, 0.15) is 56.2 Å². The monoisotopic (exact) mass is 426 g/mol. The molecule has 4 rings (SSSR count). The normalized spacial score (nSPS) is 17.5. The predicted octanol–water partition coefficient (Wildman–Crippen LogP) is 3.68. The predicted molar refractivity (Wildman–Crippen MR) is 114 cm³/mol. The van der Waals surface area contributed by atoms with E-state index in [4.69, 9.17) is 15.2 Å². The van der Waals surface area contributed by atoms with E-state index in [0.717, 1.165) is 31.4 Å². The molecule has 2 N–H and O–H groups in total. The number of piperidine rings is 1. The van der Waals surface area contributed by atoms with Crippen LogP contribution in [0.15, 0.2) is 28.8 Å². The quantitative estimate of drug-likeness (QED) is 0.669. The summed E-state index contributed by atoms with van der Waals surface area (Å²) in [7, 11) is 0. The largest absolute Gasteiger partial charge is 0.338 e. The van der Waals surface area contributed by atoms with Crippen LogP contribution in [0, 0.1) is 0 Å². The molecule has 28 heavy (non-hydrogen) atoms. The first-order valence-electron chi connectivity index (χ1n) is 9.36. The summed E-state index contributed by atoms with van der Waals surface area (Å²) in [4.78, 5) is 11.7. The van der Waals surface area contributed by atoms with Gasteiger partial charge in [-0.3, -0.25) is 4.90 Å². The van der Waals surface area contributed by atoms with Gasteiger partial charge in [-0.15, -0.1) is 24.8 Å². The number of para-hydroxylation sites is 2. The topological polar surface area (TPSA) is 86.0 Å². The lowest BCUT2D eigenvalue weighted by Gasteiger charge is -2.32. The molecule has 0 bridgehead atoms. The molecule has 1 atom stereocenters. The number of imidazole rings is 1. The third kappa shape index (κ3) is 4.49. The smallest absolute Gasteiger partial charge is 0.240 e. The zero-order valence-electron chi connectivity index (χ0n) is 16.2. The third-order valence-corrected chi connectivity index (χ3v) is 5.06. The molecule has 0 saturated carbocycles. The van der Waals surface area contributed by atoms with E-state index < -0.39 is 0 Å². The Labute approximate surface area is 177 Å². The van der Waals surface area contributed by atoms with E-state index in [0.29, 0.717) is 30.2 Å². The molecule has 1 aromatic carbocycles. The van der Waals surface area contributed by atoms with Crippen molar-refractivity contribution in [1.82, 2.24) is 24.6 Å². The fraction of sp³-hybridized carbons (Fsp3) is 0.526. The van der Waals surface area contributed by atoms with E-state index in [1.54, 1.807) is 0 Å². The van der Waals surface area contributed by atoms with E-state index in [1.807, 2.05) is 0 Å². The Bertz CT molecular complexity index is 894. The van der Waals surface area contributed by atoms with Crippen molar-refractivity contribution in [3.8, 4) is 0 Å². The first kappa shape index (κ1) is 22.6. The van der Waals surface area contributed by atoms with Gasteiger partial charge in [-0.2, -0.15) is 4.98 Å². The van der Waals surface area contributed by atoms with Crippen LogP contribution in [0.25, 0.3) is 11.0 Å². The van der Waals surface area contributed by atoms with Crippen LogP contribution >= 0.6 is 24.8 Å². The third-order valence-electron chi connectivity index (χ3n) is 5.06. The minimum absolute atomic E-state index is 0. The van der Waals surface area contributed by atoms with Gasteiger partial charge in [-0.1, -0.05) is 17.3 Å². The van der Waals surface area contributed by atoms with Crippen LogP contribution < -0.4 is 5.73 Å². The summed E-state index contributed by atoms with van der Waals surface area (Å²) < 4.78 is 7.52. The summed E-state index contributed by atoms with van der Waals surface area (Å²) in [5.74, 6) is 2.82. The Morgan fingerprint density at radius 3 is 2.71 bits per heavy atom. The van der Waals surface area contributed by atoms with Gasteiger partial charge in [0.05, 0.1) is 24.1 Å².